The topological polar surface area (TPSA) is 35.6 Å². The lowest BCUT2D eigenvalue weighted by molar-refractivity contribution is 0.00929. The van der Waals surface area contributed by atoms with E-state index in [1.807, 2.05) is 24.3 Å². The SMILES string of the molecule is CCN1CCN(C2(CNCC(=O)c3ccc(Br)cc3)CCCCC2)CC1. The third kappa shape index (κ3) is 4.94. The third-order valence-electron chi connectivity index (χ3n) is 6.18. The molecule has 2 fully saturated rings. The lowest BCUT2D eigenvalue weighted by Gasteiger charge is -2.50. The van der Waals surface area contributed by atoms with Crippen LogP contribution in [0.4, 0.5) is 0 Å². The molecule has 0 atom stereocenters. The van der Waals surface area contributed by atoms with Crippen molar-refractivity contribution in [1.29, 1.82) is 0 Å². The Kier molecular flexibility index (Phi) is 7.27. The summed E-state index contributed by atoms with van der Waals surface area (Å²) in [6, 6.07) is 7.66. The fraction of sp³-hybridized carbons (Fsp3) is 0.667. The van der Waals surface area contributed by atoms with Crippen LogP contribution < -0.4 is 5.32 Å². The monoisotopic (exact) mass is 421 g/mol. The van der Waals surface area contributed by atoms with Gasteiger partial charge in [0.1, 0.15) is 0 Å². The number of nitrogens with zero attached hydrogens (tertiary/aromatic N) is 2. The smallest absolute Gasteiger partial charge is 0.176 e. The van der Waals surface area contributed by atoms with E-state index >= 15 is 0 Å². The fourth-order valence-electron chi connectivity index (χ4n) is 4.50. The van der Waals surface area contributed by atoms with Crippen molar-refractivity contribution in [2.45, 2.75) is 44.6 Å². The second kappa shape index (κ2) is 9.45. The number of carbonyl (C=O) groups excluding carboxylic acids is 1. The van der Waals surface area contributed by atoms with E-state index in [0.29, 0.717) is 6.54 Å². The van der Waals surface area contributed by atoms with Crippen LogP contribution in [0.2, 0.25) is 0 Å². The molecule has 144 valence electrons. The van der Waals surface area contributed by atoms with Gasteiger partial charge in [0.05, 0.1) is 6.54 Å². The number of hydrogen-bond donors (Lipinski definition) is 1. The van der Waals surface area contributed by atoms with E-state index in [2.05, 4.69) is 38.0 Å². The lowest BCUT2D eigenvalue weighted by atomic mass is 9.79. The van der Waals surface area contributed by atoms with Gasteiger partial charge in [0.15, 0.2) is 5.78 Å². The fourth-order valence-corrected chi connectivity index (χ4v) is 4.76. The van der Waals surface area contributed by atoms with Crippen LogP contribution in [0, 0.1) is 0 Å². The average Bonchev–Trinajstić information content (AvgIpc) is 2.69. The van der Waals surface area contributed by atoms with Gasteiger partial charge in [-0.05, 0) is 31.5 Å². The normalized spacial score (nSPS) is 21.6. The van der Waals surface area contributed by atoms with Crippen LogP contribution in [-0.2, 0) is 0 Å². The molecule has 1 aromatic rings. The first-order valence-electron chi connectivity index (χ1n) is 10.1. The Labute approximate surface area is 166 Å². The molecule has 1 heterocycles. The Balaban J connectivity index is 1.56. The first-order chi connectivity index (χ1) is 12.6. The number of carbonyl (C=O) groups is 1. The number of rotatable bonds is 7. The minimum absolute atomic E-state index is 0.180. The molecule has 4 nitrogen and oxygen atoms in total. The number of Topliss-reactive ketones (excluding diaryl/α,β-unsaturated/α-hetero) is 1. The molecule has 2 aliphatic rings. The number of ketones is 1. The standard InChI is InChI=1S/C21H32BrN3O/c1-2-24-12-14-25(15-13-24)21(10-4-3-5-11-21)17-23-16-20(26)18-6-8-19(22)9-7-18/h6-9,23H,2-5,10-17H2,1H3. The lowest BCUT2D eigenvalue weighted by Crippen LogP contribution is -2.61. The highest BCUT2D eigenvalue weighted by Gasteiger charge is 2.38. The van der Waals surface area contributed by atoms with Crippen LogP contribution in [0.3, 0.4) is 0 Å². The zero-order valence-electron chi connectivity index (χ0n) is 16.0. The molecule has 3 rings (SSSR count). The predicted octanol–water partition coefficient (Wildman–Crippen LogP) is 3.56. The minimum atomic E-state index is 0.180. The second-order valence-corrected chi connectivity index (χ2v) is 8.66. The van der Waals surface area contributed by atoms with Gasteiger partial charge in [0.2, 0.25) is 0 Å². The Morgan fingerprint density at radius 3 is 2.35 bits per heavy atom. The van der Waals surface area contributed by atoms with E-state index in [1.165, 1.54) is 45.2 Å². The van der Waals surface area contributed by atoms with E-state index in [1.54, 1.807) is 0 Å². The van der Waals surface area contributed by atoms with Crippen molar-refractivity contribution >= 4 is 21.7 Å². The highest BCUT2D eigenvalue weighted by Crippen LogP contribution is 2.34. The Morgan fingerprint density at radius 1 is 1.08 bits per heavy atom. The van der Waals surface area contributed by atoms with Crippen LogP contribution in [-0.4, -0.2) is 66.9 Å². The number of piperazine rings is 1. The van der Waals surface area contributed by atoms with Crippen LogP contribution in [0.1, 0.15) is 49.4 Å². The van der Waals surface area contributed by atoms with Crippen molar-refractivity contribution in [1.82, 2.24) is 15.1 Å². The average molecular weight is 422 g/mol. The first kappa shape index (κ1) is 20.0. The highest BCUT2D eigenvalue weighted by atomic mass is 79.9. The van der Waals surface area contributed by atoms with E-state index < -0.39 is 0 Å². The number of benzene rings is 1. The Morgan fingerprint density at radius 2 is 1.73 bits per heavy atom. The maximum atomic E-state index is 12.5. The molecule has 0 unspecified atom stereocenters. The van der Waals surface area contributed by atoms with Crippen molar-refractivity contribution < 1.29 is 4.79 Å². The summed E-state index contributed by atoms with van der Waals surface area (Å²) in [5, 5.41) is 3.51. The van der Waals surface area contributed by atoms with Gasteiger partial charge in [0.25, 0.3) is 0 Å². The van der Waals surface area contributed by atoms with E-state index in [9.17, 15) is 4.79 Å². The van der Waals surface area contributed by atoms with Crippen molar-refractivity contribution in [2.75, 3.05) is 45.8 Å². The number of halogens is 1. The molecule has 0 aromatic heterocycles. The summed E-state index contributed by atoms with van der Waals surface area (Å²) >= 11 is 3.42. The summed E-state index contributed by atoms with van der Waals surface area (Å²) in [5.41, 5.74) is 1.04. The van der Waals surface area contributed by atoms with Gasteiger partial charge in [-0.1, -0.05) is 54.2 Å². The largest absolute Gasteiger partial charge is 0.308 e. The van der Waals surface area contributed by atoms with Crippen molar-refractivity contribution in [3.8, 4) is 0 Å². The maximum absolute atomic E-state index is 12.5. The summed E-state index contributed by atoms with van der Waals surface area (Å²) in [4.78, 5) is 17.7. The highest BCUT2D eigenvalue weighted by molar-refractivity contribution is 9.10. The Bertz CT molecular complexity index is 575. The first-order valence-corrected chi connectivity index (χ1v) is 10.9. The molecule has 0 radical (unpaired) electrons. The number of nitrogens with one attached hydrogen (secondary N) is 1. The molecule has 0 bridgehead atoms. The van der Waals surface area contributed by atoms with Crippen LogP contribution in [0.15, 0.2) is 28.7 Å². The maximum Gasteiger partial charge on any atom is 0.176 e. The molecule has 26 heavy (non-hydrogen) atoms. The molecule has 1 aliphatic heterocycles. The van der Waals surface area contributed by atoms with E-state index in [0.717, 1.165) is 36.2 Å². The minimum Gasteiger partial charge on any atom is -0.308 e. The van der Waals surface area contributed by atoms with Crippen LogP contribution in [0.5, 0.6) is 0 Å². The van der Waals surface area contributed by atoms with Gasteiger partial charge in [-0.25, -0.2) is 0 Å². The van der Waals surface area contributed by atoms with E-state index in [4.69, 9.17) is 0 Å². The second-order valence-electron chi connectivity index (χ2n) is 7.74. The molecular weight excluding hydrogens is 390 g/mol. The molecule has 1 N–H and O–H groups in total. The number of hydrogen-bond acceptors (Lipinski definition) is 4. The number of likely N-dealkylation sites (N-methyl/N-ethyl adjacent to an activating group) is 1. The molecule has 1 saturated heterocycles. The van der Waals surface area contributed by atoms with Gasteiger partial charge in [-0.3, -0.25) is 9.69 Å². The van der Waals surface area contributed by atoms with Gasteiger partial charge in [-0.15, -0.1) is 0 Å². The summed E-state index contributed by atoms with van der Waals surface area (Å²) in [5.74, 6) is 0.180. The van der Waals surface area contributed by atoms with Crippen molar-refractivity contribution in [3.63, 3.8) is 0 Å². The van der Waals surface area contributed by atoms with Crippen molar-refractivity contribution in [2.24, 2.45) is 0 Å². The van der Waals surface area contributed by atoms with Gasteiger partial charge in [0, 0.05) is 48.3 Å². The van der Waals surface area contributed by atoms with Gasteiger partial charge >= 0.3 is 0 Å². The molecule has 5 heteroatoms. The van der Waals surface area contributed by atoms with Crippen molar-refractivity contribution in [3.05, 3.63) is 34.3 Å². The van der Waals surface area contributed by atoms with Gasteiger partial charge < -0.3 is 10.2 Å². The zero-order valence-corrected chi connectivity index (χ0v) is 17.6. The molecule has 1 aromatic carbocycles. The summed E-state index contributed by atoms with van der Waals surface area (Å²) in [6.45, 7) is 9.44. The van der Waals surface area contributed by atoms with Gasteiger partial charge in [-0.2, -0.15) is 0 Å². The third-order valence-corrected chi connectivity index (χ3v) is 6.71. The molecule has 0 amide bonds. The molecule has 1 saturated carbocycles. The Hall–Kier alpha value is -0.750. The van der Waals surface area contributed by atoms with E-state index in [-0.39, 0.29) is 11.3 Å². The van der Waals surface area contributed by atoms with Crippen LogP contribution >= 0.6 is 15.9 Å². The molecule has 1 aliphatic carbocycles. The summed E-state index contributed by atoms with van der Waals surface area (Å²) in [6.07, 6.45) is 6.51. The van der Waals surface area contributed by atoms with Crippen LogP contribution in [0.25, 0.3) is 0 Å². The predicted molar refractivity (Wildman–Crippen MR) is 111 cm³/mol. The zero-order chi connectivity index (χ0) is 18.4. The summed E-state index contributed by atoms with van der Waals surface area (Å²) in [7, 11) is 0. The molecule has 0 spiro atoms. The quantitative estimate of drug-likeness (QED) is 0.682. The summed E-state index contributed by atoms with van der Waals surface area (Å²) < 4.78 is 1.01. The molecular formula is C21H32BrN3O.